The van der Waals surface area contributed by atoms with Gasteiger partial charge in [0.2, 0.25) is 5.13 Å². The van der Waals surface area contributed by atoms with Crippen LogP contribution in [0.1, 0.15) is 52.3 Å². The summed E-state index contributed by atoms with van der Waals surface area (Å²) in [5, 5.41) is 4.32. The highest BCUT2D eigenvalue weighted by molar-refractivity contribution is 7.09. The smallest absolute Gasteiger partial charge is 0.202 e. The van der Waals surface area contributed by atoms with Gasteiger partial charge >= 0.3 is 0 Å². The van der Waals surface area contributed by atoms with Crippen molar-refractivity contribution in [3.8, 4) is 0 Å². The first kappa shape index (κ1) is 12.6. The van der Waals surface area contributed by atoms with Crippen LogP contribution in [0.3, 0.4) is 0 Å². The molecule has 0 spiro atoms. The maximum absolute atomic E-state index is 4.52. The molecule has 17 heavy (non-hydrogen) atoms. The molecule has 3 nitrogen and oxygen atoms in total. The predicted molar refractivity (Wildman–Crippen MR) is 73.6 cm³/mol. The SMILES string of the molecule is CC(C)(C)c1nsc(NCCC2=CCCC2)n1. The van der Waals surface area contributed by atoms with Gasteiger partial charge in [0, 0.05) is 23.5 Å². The molecule has 94 valence electrons. The van der Waals surface area contributed by atoms with E-state index >= 15 is 0 Å². The molecule has 4 heteroatoms. The Bertz CT molecular complexity index is 401. The molecule has 0 unspecified atom stereocenters. The van der Waals surface area contributed by atoms with Crippen LogP contribution in [0.4, 0.5) is 5.13 Å². The normalized spacial score (nSPS) is 16.1. The first-order chi connectivity index (χ1) is 8.05. The molecule has 1 heterocycles. The van der Waals surface area contributed by atoms with E-state index in [1.807, 2.05) is 0 Å². The molecule has 1 aromatic rings. The first-order valence-electron chi connectivity index (χ1n) is 6.32. The van der Waals surface area contributed by atoms with Crippen molar-refractivity contribution in [2.75, 3.05) is 11.9 Å². The average molecular weight is 251 g/mol. The summed E-state index contributed by atoms with van der Waals surface area (Å²) in [7, 11) is 0. The Morgan fingerprint density at radius 1 is 1.41 bits per heavy atom. The molecule has 1 aliphatic carbocycles. The molecule has 1 aliphatic rings. The van der Waals surface area contributed by atoms with Crippen molar-refractivity contribution in [3.05, 3.63) is 17.5 Å². The summed E-state index contributed by atoms with van der Waals surface area (Å²) < 4.78 is 4.39. The third kappa shape index (κ3) is 3.53. The predicted octanol–water partition coefficient (Wildman–Crippen LogP) is 3.75. The number of aromatic nitrogens is 2. The zero-order chi connectivity index (χ0) is 12.3. The van der Waals surface area contributed by atoms with Gasteiger partial charge in [-0.2, -0.15) is 4.37 Å². The number of anilines is 1. The largest absolute Gasteiger partial charge is 0.360 e. The highest BCUT2D eigenvalue weighted by Crippen LogP contribution is 2.24. The topological polar surface area (TPSA) is 37.8 Å². The van der Waals surface area contributed by atoms with Gasteiger partial charge in [-0.25, -0.2) is 4.98 Å². The fourth-order valence-corrected chi connectivity index (χ4v) is 2.68. The summed E-state index contributed by atoms with van der Waals surface area (Å²) in [5.41, 5.74) is 1.64. The lowest BCUT2D eigenvalue weighted by atomic mass is 9.96. The number of rotatable bonds is 4. The minimum Gasteiger partial charge on any atom is -0.360 e. The minimum atomic E-state index is 0.0460. The molecule has 0 saturated heterocycles. The van der Waals surface area contributed by atoms with E-state index in [0.717, 1.165) is 23.9 Å². The van der Waals surface area contributed by atoms with Gasteiger partial charge in [0.25, 0.3) is 0 Å². The molecule has 1 aromatic heterocycles. The Hall–Kier alpha value is -0.900. The highest BCUT2D eigenvalue weighted by atomic mass is 32.1. The minimum absolute atomic E-state index is 0.0460. The van der Waals surface area contributed by atoms with Gasteiger partial charge < -0.3 is 5.32 Å². The fraction of sp³-hybridized carbons (Fsp3) is 0.692. The van der Waals surface area contributed by atoms with Crippen molar-refractivity contribution in [1.29, 1.82) is 0 Å². The van der Waals surface area contributed by atoms with Crippen molar-refractivity contribution in [2.24, 2.45) is 0 Å². The lowest BCUT2D eigenvalue weighted by molar-refractivity contribution is 0.555. The molecule has 2 rings (SSSR count). The van der Waals surface area contributed by atoms with Crippen LogP contribution < -0.4 is 5.32 Å². The molecule has 0 amide bonds. The fourth-order valence-electron chi connectivity index (χ4n) is 1.89. The molecular weight excluding hydrogens is 230 g/mol. The Balaban J connectivity index is 1.81. The van der Waals surface area contributed by atoms with E-state index < -0.39 is 0 Å². The summed E-state index contributed by atoms with van der Waals surface area (Å²) in [6, 6.07) is 0. The van der Waals surface area contributed by atoms with Crippen molar-refractivity contribution >= 4 is 16.7 Å². The lowest BCUT2D eigenvalue weighted by Gasteiger charge is -2.12. The van der Waals surface area contributed by atoms with Crippen LogP contribution in [0.25, 0.3) is 0 Å². The Morgan fingerprint density at radius 2 is 2.24 bits per heavy atom. The summed E-state index contributed by atoms with van der Waals surface area (Å²) in [6.07, 6.45) is 7.41. The third-order valence-corrected chi connectivity index (χ3v) is 3.63. The van der Waals surface area contributed by atoms with Gasteiger partial charge in [-0.05, 0) is 25.7 Å². The highest BCUT2D eigenvalue weighted by Gasteiger charge is 2.19. The van der Waals surface area contributed by atoms with Gasteiger partial charge in [-0.1, -0.05) is 32.4 Å². The van der Waals surface area contributed by atoms with Gasteiger partial charge in [0.05, 0.1) is 0 Å². The Kier molecular flexibility index (Phi) is 3.82. The molecule has 0 bridgehead atoms. The van der Waals surface area contributed by atoms with Crippen LogP contribution in [-0.2, 0) is 5.41 Å². The van der Waals surface area contributed by atoms with E-state index in [2.05, 4.69) is 41.5 Å². The van der Waals surface area contributed by atoms with E-state index in [0.29, 0.717) is 0 Å². The number of allylic oxidation sites excluding steroid dienone is 1. The van der Waals surface area contributed by atoms with E-state index in [-0.39, 0.29) is 5.41 Å². The molecule has 0 saturated carbocycles. The molecule has 0 radical (unpaired) electrons. The lowest BCUT2D eigenvalue weighted by Crippen LogP contribution is -2.13. The molecular formula is C13H21N3S. The van der Waals surface area contributed by atoms with Crippen LogP contribution in [0, 0.1) is 0 Å². The number of nitrogens with zero attached hydrogens (tertiary/aromatic N) is 2. The second kappa shape index (κ2) is 5.17. The van der Waals surface area contributed by atoms with E-state index in [9.17, 15) is 0 Å². The zero-order valence-electron chi connectivity index (χ0n) is 10.9. The van der Waals surface area contributed by atoms with Crippen LogP contribution in [0.15, 0.2) is 11.6 Å². The van der Waals surface area contributed by atoms with Crippen molar-refractivity contribution in [1.82, 2.24) is 9.36 Å². The maximum atomic E-state index is 4.52. The van der Waals surface area contributed by atoms with Crippen LogP contribution in [0.2, 0.25) is 0 Å². The third-order valence-electron chi connectivity index (χ3n) is 2.95. The maximum Gasteiger partial charge on any atom is 0.202 e. The van der Waals surface area contributed by atoms with Crippen molar-refractivity contribution in [2.45, 2.75) is 51.9 Å². The number of hydrogen-bond acceptors (Lipinski definition) is 4. The second-order valence-corrected chi connectivity index (χ2v) is 6.36. The van der Waals surface area contributed by atoms with Crippen LogP contribution >= 0.6 is 11.5 Å². The summed E-state index contributed by atoms with van der Waals surface area (Å²) >= 11 is 1.47. The monoisotopic (exact) mass is 251 g/mol. The summed E-state index contributed by atoms with van der Waals surface area (Å²) in [5.74, 6) is 0.935. The molecule has 0 aliphatic heterocycles. The summed E-state index contributed by atoms with van der Waals surface area (Å²) in [6.45, 7) is 7.40. The molecule has 1 N–H and O–H groups in total. The second-order valence-electron chi connectivity index (χ2n) is 5.60. The van der Waals surface area contributed by atoms with Gasteiger partial charge in [-0.15, -0.1) is 0 Å². The van der Waals surface area contributed by atoms with E-state index in [1.165, 1.54) is 30.8 Å². The van der Waals surface area contributed by atoms with Crippen molar-refractivity contribution in [3.63, 3.8) is 0 Å². The molecule has 0 aromatic carbocycles. The van der Waals surface area contributed by atoms with Gasteiger partial charge in [-0.3, -0.25) is 0 Å². The van der Waals surface area contributed by atoms with Crippen LogP contribution in [-0.4, -0.2) is 15.9 Å². The molecule has 0 atom stereocenters. The van der Waals surface area contributed by atoms with E-state index in [4.69, 9.17) is 0 Å². The summed E-state index contributed by atoms with van der Waals surface area (Å²) in [4.78, 5) is 4.52. The zero-order valence-corrected chi connectivity index (χ0v) is 11.7. The van der Waals surface area contributed by atoms with E-state index in [1.54, 1.807) is 5.57 Å². The van der Waals surface area contributed by atoms with Crippen LogP contribution in [0.5, 0.6) is 0 Å². The van der Waals surface area contributed by atoms with Gasteiger partial charge in [0.1, 0.15) is 5.82 Å². The quantitative estimate of drug-likeness (QED) is 0.828. The van der Waals surface area contributed by atoms with Gasteiger partial charge in [0.15, 0.2) is 0 Å². The number of hydrogen-bond donors (Lipinski definition) is 1. The first-order valence-corrected chi connectivity index (χ1v) is 7.09. The Labute approximate surface area is 108 Å². The molecule has 0 fully saturated rings. The number of nitrogens with one attached hydrogen (secondary N) is 1. The standard InChI is InChI=1S/C13H21N3S/c1-13(2,3)11-15-12(17-16-11)14-9-8-10-6-4-5-7-10/h6H,4-5,7-9H2,1-3H3,(H,14,15,16). The van der Waals surface area contributed by atoms with Crippen molar-refractivity contribution < 1.29 is 0 Å². The average Bonchev–Trinajstić information content (AvgIpc) is 2.86. The Morgan fingerprint density at radius 3 is 2.82 bits per heavy atom.